The van der Waals surface area contributed by atoms with Gasteiger partial charge in [-0.15, -0.1) is 11.3 Å². The van der Waals surface area contributed by atoms with E-state index in [9.17, 15) is 0 Å². The van der Waals surface area contributed by atoms with Crippen LogP contribution in [-0.2, 0) is 0 Å². The van der Waals surface area contributed by atoms with E-state index in [1.807, 2.05) is 36.4 Å². The largest absolute Gasteiger partial charge is 0.332 e. The van der Waals surface area contributed by atoms with Crippen molar-refractivity contribution in [2.45, 2.75) is 6.92 Å². The van der Waals surface area contributed by atoms with Gasteiger partial charge in [-0.1, -0.05) is 44.0 Å². The number of halogens is 2. The Balaban J connectivity index is 1.87. The Morgan fingerprint density at radius 3 is 2.10 bits per heavy atom. The van der Waals surface area contributed by atoms with Crippen LogP contribution in [0.25, 0.3) is 11.3 Å². The average Bonchev–Trinajstić information content (AvgIpc) is 2.83. The summed E-state index contributed by atoms with van der Waals surface area (Å²) >= 11 is 8.56. The highest BCUT2D eigenvalue weighted by Crippen LogP contribution is 2.32. The highest BCUT2D eigenvalue weighted by atomic mass is 79.9. The summed E-state index contributed by atoms with van der Waals surface area (Å²) in [5.74, 6) is 0. The second-order valence-corrected chi connectivity index (χ2v) is 7.60. The lowest BCUT2D eigenvalue weighted by Gasteiger charge is -2.02. The minimum atomic E-state index is 0.910. The van der Waals surface area contributed by atoms with Crippen LogP contribution in [-0.4, -0.2) is 4.98 Å². The molecule has 0 bridgehead atoms. The van der Waals surface area contributed by atoms with Crippen molar-refractivity contribution in [3.63, 3.8) is 0 Å². The highest BCUT2D eigenvalue weighted by molar-refractivity contribution is 9.10. The van der Waals surface area contributed by atoms with Crippen LogP contribution in [0.5, 0.6) is 0 Å². The maximum absolute atomic E-state index is 4.71. The number of aromatic nitrogens is 1. The summed E-state index contributed by atoms with van der Waals surface area (Å²) in [5.41, 5.74) is 3.21. The molecule has 3 rings (SSSR count). The van der Waals surface area contributed by atoms with Crippen LogP contribution < -0.4 is 5.32 Å². The normalized spacial score (nSPS) is 10.6. The number of hydrogen-bond donors (Lipinski definition) is 1. The molecule has 2 aromatic carbocycles. The third kappa shape index (κ3) is 3.54. The molecule has 0 aliphatic rings. The van der Waals surface area contributed by atoms with Crippen LogP contribution in [0.1, 0.15) is 4.88 Å². The van der Waals surface area contributed by atoms with Gasteiger partial charge in [-0.2, -0.15) is 0 Å². The fraction of sp³-hybridized carbons (Fsp3) is 0.0625. The lowest BCUT2D eigenvalue weighted by atomic mass is 10.1. The van der Waals surface area contributed by atoms with Crippen molar-refractivity contribution in [3.8, 4) is 11.3 Å². The second-order valence-electron chi connectivity index (χ2n) is 4.56. The van der Waals surface area contributed by atoms with E-state index in [1.54, 1.807) is 11.3 Å². The van der Waals surface area contributed by atoms with E-state index in [1.165, 1.54) is 4.88 Å². The Labute approximate surface area is 144 Å². The topological polar surface area (TPSA) is 24.9 Å². The number of hydrogen-bond acceptors (Lipinski definition) is 3. The SMILES string of the molecule is Cc1sc(Nc2ccc(Br)cc2)nc1-c1ccc(Br)cc1. The molecule has 0 radical (unpaired) electrons. The van der Waals surface area contributed by atoms with Gasteiger partial charge in [0, 0.05) is 25.1 Å². The third-order valence-electron chi connectivity index (χ3n) is 3.01. The molecular formula is C16H12Br2N2S. The van der Waals surface area contributed by atoms with E-state index in [0.717, 1.165) is 31.0 Å². The molecule has 0 aliphatic heterocycles. The number of anilines is 2. The molecule has 106 valence electrons. The third-order valence-corrected chi connectivity index (χ3v) is 4.95. The van der Waals surface area contributed by atoms with Crippen LogP contribution in [0, 0.1) is 6.92 Å². The molecule has 21 heavy (non-hydrogen) atoms. The molecule has 1 heterocycles. The molecule has 0 fully saturated rings. The number of rotatable bonds is 3. The zero-order valence-corrected chi connectivity index (χ0v) is 15.2. The highest BCUT2D eigenvalue weighted by Gasteiger charge is 2.10. The molecule has 1 N–H and O–H groups in total. The monoisotopic (exact) mass is 422 g/mol. The molecule has 0 amide bonds. The Morgan fingerprint density at radius 1 is 0.905 bits per heavy atom. The van der Waals surface area contributed by atoms with Gasteiger partial charge in [0.1, 0.15) is 0 Å². The molecule has 3 aromatic rings. The molecule has 0 unspecified atom stereocenters. The maximum atomic E-state index is 4.71. The van der Waals surface area contributed by atoms with E-state index in [0.29, 0.717) is 0 Å². The van der Waals surface area contributed by atoms with Crippen molar-refractivity contribution in [2.75, 3.05) is 5.32 Å². The lowest BCUT2D eigenvalue weighted by Crippen LogP contribution is -1.89. The van der Waals surface area contributed by atoms with E-state index in [-0.39, 0.29) is 0 Å². The number of aryl methyl sites for hydroxylation is 1. The van der Waals surface area contributed by atoms with Gasteiger partial charge in [0.15, 0.2) is 5.13 Å². The molecule has 2 nitrogen and oxygen atoms in total. The first-order valence-electron chi connectivity index (χ1n) is 6.38. The predicted octanol–water partition coefficient (Wildman–Crippen LogP) is 6.39. The van der Waals surface area contributed by atoms with Crippen LogP contribution in [0.15, 0.2) is 57.5 Å². The van der Waals surface area contributed by atoms with E-state index < -0.39 is 0 Å². The van der Waals surface area contributed by atoms with Gasteiger partial charge in [-0.05, 0) is 43.3 Å². The van der Waals surface area contributed by atoms with Gasteiger partial charge in [-0.25, -0.2) is 4.98 Å². The standard InChI is InChI=1S/C16H12Br2N2S/c1-10-15(11-2-4-12(17)5-3-11)20-16(21-10)19-14-8-6-13(18)7-9-14/h2-9H,1H3,(H,19,20). The zero-order chi connectivity index (χ0) is 14.8. The Bertz CT molecular complexity index is 749. The van der Waals surface area contributed by atoms with Gasteiger partial charge in [0.25, 0.3) is 0 Å². The second kappa shape index (κ2) is 6.30. The fourth-order valence-corrected chi connectivity index (χ4v) is 3.37. The Morgan fingerprint density at radius 2 is 1.48 bits per heavy atom. The van der Waals surface area contributed by atoms with E-state index in [4.69, 9.17) is 4.98 Å². The smallest absolute Gasteiger partial charge is 0.187 e. The first-order valence-corrected chi connectivity index (χ1v) is 8.78. The molecule has 0 saturated heterocycles. The Kier molecular flexibility index (Phi) is 4.42. The first kappa shape index (κ1) is 14.8. The summed E-state index contributed by atoms with van der Waals surface area (Å²) in [6, 6.07) is 16.3. The number of nitrogens with zero attached hydrogens (tertiary/aromatic N) is 1. The summed E-state index contributed by atoms with van der Waals surface area (Å²) < 4.78 is 2.14. The van der Waals surface area contributed by atoms with Gasteiger partial charge >= 0.3 is 0 Å². The molecule has 0 spiro atoms. The number of benzene rings is 2. The van der Waals surface area contributed by atoms with Gasteiger partial charge in [-0.3, -0.25) is 0 Å². The molecule has 0 atom stereocenters. The maximum Gasteiger partial charge on any atom is 0.187 e. The fourth-order valence-electron chi connectivity index (χ4n) is 1.98. The zero-order valence-electron chi connectivity index (χ0n) is 11.2. The van der Waals surface area contributed by atoms with Crippen molar-refractivity contribution < 1.29 is 0 Å². The Hall–Kier alpha value is -1.17. The van der Waals surface area contributed by atoms with E-state index >= 15 is 0 Å². The van der Waals surface area contributed by atoms with E-state index in [2.05, 4.69) is 56.2 Å². The van der Waals surface area contributed by atoms with Crippen molar-refractivity contribution >= 4 is 54.0 Å². The summed E-state index contributed by atoms with van der Waals surface area (Å²) in [5, 5.41) is 4.26. The van der Waals surface area contributed by atoms with Gasteiger partial charge < -0.3 is 5.32 Å². The molecule has 5 heteroatoms. The minimum absolute atomic E-state index is 0.910. The first-order chi connectivity index (χ1) is 10.1. The molecule has 1 aromatic heterocycles. The molecule has 0 aliphatic carbocycles. The van der Waals surface area contributed by atoms with Crippen molar-refractivity contribution in [1.82, 2.24) is 4.98 Å². The molecule has 0 saturated carbocycles. The van der Waals surface area contributed by atoms with Crippen LogP contribution in [0.3, 0.4) is 0 Å². The van der Waals surface area contributed by atoms with Crippen molar-refractivity contribution in [2.24, 2.45) is 0 Å². The summed E-state index contributed by atoms with van der Waals surface area (Å²) in [6.45, 7) is 2.10. The van der Waals surface area contributed by atoms with Gasteiger partial charge in [0.2, 0.25) is 0 Å². The summed E-state index contributed by atoms with van der Waals surface area (Å²) in [6.07, 6.45) is 0. The summed E-state index contributed by atoms with van der Waals surface area (Å²) in [7, 11) is 0. The lowest BCUT2D eigenvalue weighted by molar-refractivity contribution is 1.36. The van der Waals surface area contributed by atoms with Crippen LogP contribution >= 0.6 is 43.2 Å². The average molecular weight is 424 g/mol. The quantitative estimate of drug-likeness (QED) is 0.528. The predicted molar refractivity (Wildman–Crippen MR) is 97.4 cm³/mol. The number of thiazole rings is 1. The van der Waals surface area contributed by atoms with Crippen molar-refractivity contribution in [1.29, 1.82) is 0 Å². The van der Waals surface area contributed by atoms with Crippen LogP contribution in [0.4, 0.5) is 10.8 Å². The minimum Gasteiger partial charge on any atom is -0.332 e. The van der Waals surface area contributed by atoms with Gasteiger partial charge in [0.05, 0.1) is 5.69 Å². The molecular weight excluding hydrogens is 412 g/mol. The van der Waals surface area contributed by atoms with Crippen molar-refractivity contribution in [3.05, 3.63) is 62.4 Å². The number of nitrogens with one attached hydrogen (secondary N) is 1. The van der Waals surface area contributed by atoms with Crippen LogP contribution in [0.2, 0.25) is 0 Å². The summed E-state index contributed by atoms with van der Waals surface area (Å²) in [4.78, 5) is 5.91.